The van der Waals surface area contributed by atoms with Crippen LogP contribution in [-0.4, -0.2) is 89.4 Å². The molecule has 2 aromatic heterocycles. The highest BCUT2D eigenvalue weighted by molar-refractivity contribution is 7.13. The van der Waals surface area contributed by atoms with Crippen LogP contribution in [0, 0.1) is 5.41 Å². The van der Waals surface area contributed by atoms with E-state index >= 15 is 0 Å². The first-order valence-electron chi connectivity index (χ1n) is 10.0. The number of rotatable bonds is 10. The number of amides is 2. The molecule has 188 valence electrons. The number of carboxylic acid groups (broad SMARTS) is 1. The first-order valence-corrected chi connectivity index (χ1v) is 10.9. The van der Waals surface area contributed by atoms with Crippen LogP contribution in [-0.2, 0) is 32.3 Å². The zero-order valence-electron chi connectivity index (χ0n) is 18.9. The third kappa shape index (κ3) is 5.78. The van der Waals surface area contributed by atoms with Crippen molar-refractivity contribution in [3.63, 3.8) is 0 Å². The van der Waals surface area contributed by atoms with Crippen molar-refractivity contribution in [1.82, 2.24) is 40.7 Å². The largest absolute Gasteiger partial charge is 0.478 e. The fourth-order valence-electron chi connectivity index (χ4n) is 2.85. The molecular weight excluding hydrogens is 484 g/mol. The van der Waals surface area contributed by atoms with E-state index in [1.165, 1.54) is 28.9 Å². The molecule has 8 N–H and O–H groups in total. The molecular formula is C17H24N12O5S. The summed E-state index contributed by atoms with van der Waals surface area (Å²) in [5, 5.41) is 38.7. The van der Waals surface area contributed by atoms with Crippen LogP contribution in [0.2, 0.25) is 0 Å². The van der Waals surface area contributed by atoms with Crippen molar-refractivity contribution in [3.8, 4) is 0 Å². The van der Waals surface area contributed by atoms with Crippen LogP contribution in [0.25, 0.3) is 0 Å². The molecule has 1 aliphatic rings. The molecule has 2 aromatic rings. The summed E-state index contributed by atoms with van der Waals surface area (Å²) in [6.07, 6.45) is 0. The number of carbonyl (C=O) groups excluding carboxylic acids is 2. The number of aliphatic carboxylic acids is 1. The molecule has 0 radical (unpaired) electrons. The van der Waals surface area contributed by atoms with E-state index in [0.717, 1.165) is 11.3 Å². The highest BCUT2D eigenvalue weighted by Gasteiger charge is 2.47. The van der Waals surface area contributed by atoms with Crippen molar-refractivity contribution in [2.45, 2.75) is 44.6 Å². The van der Waals surface area contributed by atoms with Gasteiger partial charge in [-0.25, -0.2) is 9.78 Å². The van der Waals surface area contributed by atoms with Crippen molar-refractivity contribution in [2.24, 2.45) is 10.9 Å². The number of β-lactam (4-membered cyclic amide) rings is 1. The van der Waals surface area contributed by atoms with Gasteiger partial charge in [-0.2, -0.15) is 4.80 Å². The molecule has 18 heteroatoms. The lowest BCUT2D eigenvalue weighted by Crippen LogP contribution is -2.71. The van der Waals surface area contributed by atoms with Gasteiger partial charge in [0.05, 0.1) is 19.1 Å². The second-order valence-electron chi connectivity index (χ2n) is 7.91. The monoisotopic (exact) mass is 508 g/mol. The summed E-state index contributed by atoms with van der Waals surface area (Å²) >= 11 is 1.05. The maximum atomic E-state index is 13.0. The Balaban J connectivity index is 1.75. The van der Waals surface area contributed by atoms with Gasteiger partial charge in [0.25, 0.3) is 5.91 Å². The van der Waals surface area contributed by atoms with Crippen LogP contribution in [0.5, 0.6) is 0 Å². The van der Waals surface area contributed by atoms with E-state index in [1.54, 1.807) is 7.05 Å². The van der Waals surface area contributed by atoms with Gasteiger partial charge in [-0.05, 0) is 19.1 Å². The Morgan fingerprint density at radius 2 is 2.14 bits per heavy atom. The lowest BCUT2D eigenvalue weighted by molar-refractivity contribution is -0.161. The van der Waals surface area contributed by atoms with Gasteiger partial charge >= 0.3 is 5.97 Å². The number of tetrazole rings is 1. The average molecular weight is 509 g/mol. The van der Waals surface area contributed by atoms with E-state index in [9.17, 15) is 19.5 Å². The molecule has 17 nitrogen and oxygen atoms in total. The average Bonchev–Trinajstić information content (AvgIpc) is 3.43. The number of aromatic nitrogens is 5. The van der Waals surface area contributed by atoms with Crippen molar-refractivity contribution < 1.29 is 24.3 Å². The number of oxime groups is 1. The highest BCUT2D eigenvalue weighted by atomic mass is 32.1. The molecule has 0 bridgehead atoms. The van der Waals surface area contributed by atoms with Gasteiger partial charge in [0.1, 0.15) is 11.7 Å². The van der Waals surface area contributed by atoms with Crippen LogP contribution >= 0.6 is 11.3 Å². The number of nitrogen functional groups attached to an aromatic ring is 1. The third-order valence-electron chi connectivity index (χ3n) is 4.92. The Labute approximate surface area is 202 Å². The van der Waals surface area contributed by atoms with E-state index in [2.05, 4.69) is 36.2 Å². The third-order valence-corrected chi connectivity index (χ3v) is 5.60. The van der Waals surface area contributed by atoms with E-state index in [0.29, 0.717) is 0 Å². The Morgan fingerprint density at radius 1 is 1.43 bits per heavy atom. The van der Waals surface area contributed by atoms with Gasteiger partial charge in [-0.1, -0.05) is 5.16 Å². The molecule has 35 heavy (non-hydrogen) atoms. The molecule has 1 fully saturated rings. The molecule has 3 heterocycles. The van der Waals surface area contributed by atoms with Crippen molar-refractivity contribution in [1.29, 1.82) is 5.41 Å². The molecule has 0 aliphatic carbocycles. The molecule has 0 unspecified atom stereocenters. The van der Waals surface area contributed by atoms with Crippen LogP contribution in [0.4, 0.5) is 5.13 Å². The minimum Gasteiger partial charge on any atom is -0.478 e. The van der Waals surface area contributed by atoms with E-state index in [1.807, 2.05) is 0 Å². The number of carbonyl (C=O) groups is 3. The van der Waals surface area contributed by atoms with Gasteiger partial charge in [-0.3, -0.25) is 15.0 Å². The first-order chi connectivity index (χ1) is 16.4. The minimum absolute atomic E-state index is 0.0587. The Morgan fingerprint density at radius 3 is 2.74 bits per heavy atom. The zero-order chi connectivity index (χ0) is 25.9. The number of guanidine groups is 1. The summed E-state index contributed by atoms with van der Waals surface area (Å²) in [7, 11) is 1.55. The maximum absolute atomic E-state index is 13.0. The number of hydrogen-bond donors (Lipinski definition) is 6. The van der Waals surface area contributed by atoms with Crippen LogP contribution in [0.1, 0.15) is 25.4 Å². The number of hydrogen-bond acceptors (Lipinski definition) is 12. The minimum atomic E-state index is -1.73. The predicted molar refractivity (Wildman–Crippen MR) is 121 cm³/mol. The van der Waals surface area contributed by atoms with Crippen LogP contribution in [0.15, 0.2) is 10.5 Å². The molecule has 2 amide bonds. The summed E-state index contributed by atoms with van der Waals surface area (Å²) in [5.74, 6) is -2.45. The molecule has 2 atom stereocenters. The van der Waals surface area contributed by atoms with Crippen molar-refractivity contribution in [3.05, 3.63) is 16.9 Å². The number of carboxylic acids is 1. The topological polar surface area (TPSA) is 253 Å². The van der Waals surface area contributed by atoms with E-state index < -0.39 is 29.6 Å². The smallest absolute Gasteiger partial charge is 0.350 e. The number of thiazole rings is 1. The number of likely N-dealkylation sites (N-methyl/N-ethyl adjacent to an activating group) is 1. The lowest BCUT2D eigenvalue weighted by atomic mass is 9.95. The summed E-state index contributed by atoms with van der Waals surface area (Å²) in [5.41, 5.74) is 8.87. The van der Waals surface area contributed by atoms with Gasteiger partial charge < -0.3 is 36.9 Å². The Kier molecular flexibility index (Phi) is 7.13. The standard InChI is InChI=1S/C17H24N12O5S/c1-17(2,14(32)33)34-26-10(7-6-35-16(20)22-7)12(30)23-11-8(28(3)13(11)31)5-29-25-9(24-27-29)4-21-15(18)19/h6,8,11H,4-5H2,1-3H3,(H2,20,22)(H,23,30)(H,32,33)(H4,18,19,21)/b26-10-/t8-,11+/m1/s1. The van der Waals surface area contributed by atoms with Gasteiger partial charge in [0.2, 0.25) is 11.5 Å². The van der Waals surface area contributed by atoms with E-state index in [-0.39, 0.29) is 47.3 Å². The fraction of sp³-hybridized carbons (Fsp3) is 0.471. The van der Waals surface area contributed by atoms with Gasteiger partial charge in [0.15, 0.2) is 22.6 Å². The maximum Gasteiger partial charge on any atom is 0.350 e. The van der Waals surface area contributed by atoms with E-state index in [4.69, 9.17) is 21.7 Å². The number of anilines is 1. The number of nitrogens with two attached hydrogens (primary N) is 2. The first kappa shape index (κ1) is 25.3. The second kappa shape index (κ2) is 9.87. The Bertz CT molecular complexity index is 1170. The summed E-state index contributed by atoms with van der Waals surface area (Å²) in [4.78, 5) is 48.6. The summed E-state index contributed by atoms with van der Waals surface area (Å²) < 4.78 is 0. The van der Waals surface area contributed by atoms with Gasteiger partial charge in [-0.15, -0.1) is 21.5 Å². The molecule has 3 rings (SSSR count). The fourth-order valence-corrected chi connectivity index (χ4v) is 3.40. The molecule has 1 aliphatic heterocycles. The van der Waals surface area contributed by atoms with Crippen LogP contribution < -0.4 is 22.1 Å². The second-order valence-corrected chi connectivity index (χ2v) is 8.80. The molecule has 0 aromatic carbocycles. The molecule has 0 saturated carbocycles. The quantitative estimate of drug-likeness (QED) is 0.0830. The number of nitrogens with one attached hydrogen (secondary N) is 3. The zero-order valence-corrected chi connectivity index (χ0v) is 19.7. The number of nitrogens with zero attached hydrogens (tertiary/aromatic N) is 7. The summed E-state index contributed by atoms with van der Waals surface area (Å²) in [6.45, 7) is 2.72. The highest BCUT2D eigenvalue weighted by Crippen LogP contribution is 2.20. The number of likely N-dealkylation sites (tertiary alicyclic amines) is 1. The van der Waals surface area contributed by atoms with Crippen molar-refractivity contribution in [2.75, 3.05) is 12.8 Å². The molecule has 0 spiro atoms. The van der Waals surface area contributed by atoms with Crippen molar-refractivity contribution >= 4 is 45.9 Å². The summed E-state index contributed by atoms with van der Waals surface area (Å²) in [6, 6.07) is -1.47. The Hall–Kier alpha value is -4.35. The van der Waals surface area contributed by atoms with Gasteiger partial charge in [0, 0.05) is 12.4 Å². The van der Waals surface area contributed by atoms with Crippen LogP contribution in [0.3, 0.4) is 0 Å². The SMILES string of the molecule is CN1C(=O)[C@@H](NC(=O)/C(=N\OC(C)(C)C(=O)O)c2csc(N)n2)[C@H]1Cn1nnc(CNC(=N)N)n1. The predicted octanol–water partition coefficient (Wildman–Crippen LogP) is -2.70. The normalized spacial score (nSPS) is 18.1. The lowest BCUT2D eigenvalue weighted by Gasteiger charge is -2.44. The molecule has 1 saturated heterocycles.